The van der Waals surface area contributed by atoms with E-state index in [-0.39, 0.29) is 17.2 Å². The lowest BCUT2D eigenvalue weighted by Crippen LogP contribution is -2.36. The van der Waals surface area contributed by atoms with Crippen molar-refractivity contribution in [3.8, 4) is 5.75 Å². The molecule has 1 aromatic heterocycles. The number of ether oxygens (including phenoxy) is 2. The summed E-state index contributed by atoms with van der Waals surface area (Å²) in [6.07, 6.45) is 4.34. The number of nitrogens with zero attached hydrogens (tertiary/aromatic N) is 1. The molecule has 4 nitrogen and oxygen atoms in total. The molecular weight excluding hydrogens is 453 g/mol. The van der Waals surface area contributed by atoms with Crippen molar-refractivity contribution in [1.29, 1.82) is 0 Å². The number of halogens is 1. The average molecular weight is 482 g/mol. The Hall–Kier alpha value is -3.73. The van der Waals surface area contributed by atoms with Crippen LogP contribution in [0.1, 0.15) is 52.9 Å². The Labute approximate surface area is 210 Å². The number of pyridine rings is 1. The second-order valence-electron chi connectivity index (χ2n) is 10.0. The summed E-state index contributed by atoms with van der Waals surface area (Å²) in [4.78, 5) is 17.6. The van der Waals surface area contributed by atoms with Crippen LogP contribution in [0.15, 0.2) is 78.9 Å². The number of hydrogen-bond donors (Lipinski definition) is 0. The first kappa shape index (κ1) is 22.7. The number of benzene rings is 3. The summed E-state index contributed by atoms with van der Waals surface area (Å²) >= 11 is 0. The highest BCUT2D eigenvalue weighted by Crippen LogP contribution is 2.60. The van der Waals surface area contributed by atoms with E-state index in [1.807, 2.05) is 66.7 Å². The van der Waals surface area contributed by atoms with Crippen LogP contribution < -0.4 is 4.74 Å². The summed E-state index contributed by atoms with van der Waals surface area (Å²) in [6.45, 7) is 0.317. The molecule has 2 aliphatic rings. The highest BCUT2D eigenvalue weighted by atomic mass is 19.1. The SMILES string of the molecule is COC(=O)c1ccc(OCc2ccc3ccccc3n2)cc1[C@]1(c2ccc(F)cc2)C[C@H]2CC[C@H]1C2. The van der Waals surface area contributed by atoms with Gasteiger partial charge in [-0.05, 0) is 84.7 Å². The van der Waals surface area contributed by atoms with Gasteiger partial charge >= 0.3 is 5.97 Å². The molecule has 36 heavy (non-hydrogen) atoms. The molecule has 0 amide bonds. The van der Waals surface area contributed by atoms with E-state index in [2.05, 4.69) is 0 Å². The predicted octanol–water partition coefficient (Wildman–Crippen LogP) is 6.85. The lowest BCUT2D eigenvalue weighted by molar-refractivity contribution is 0.0596. The zero-order valence-electron chi connectivity index (χ0n) is 20.2. The fourth-order valence-corrected chi connectivity index (χ4v) is 6.53. The van der Waals surface area contributed by atoms with Crippen LogP contribution >= 0.6 is 0 Å². The van der Waals surface area contributed by atoms with E-state index in [4.69, 9.17) is 14.5 Å². The normalized spacial score (nSPS) is 22.6. The van der Waals surface area contributed by atoms with Crippen molar-refractivity contribution >= 4 is 16.9 Å². The van der Waals surface area contributed by atoms with Crippen molar-refractivity contribution < 1.29 is 18.7 Å². The van der Waals surface area contributed by atoms with E-state index in [9.17, 15) is 9.18 Å². The summed E-state index contributed by atoms with van der Waals surface area (Å²) in [5, 5.41) is 1.09. The second kappa shape index (κ2) is 9.05. The molecule has 0 spiro atoms. The maximum absolute atomic E-state index is 13.9. The molecule has 4 aromatic rings. The minimum absolute atomic E-state index is 0.259. The van der Waals surface area contributed by atoms with Crippen LogP contribution in [0.25, 0.3) is 10.9 Å². The van der Waals surface area contributed by atoms with Gasteiger partial charge < -0.3 is 9.47 Å². The Balaban J connectivity index is 1.40. The number of esters is 1. The van der Waals surface area contributed by atoms with Gasteiger partial charge in [-0.1, -0.05) is 42.8 Å². The zero-order chi connectivity index (χ0) is 24.7. The summed E-state index contributed by atoms with van der Waals surface area (Å²) in [5.41, 5.74) is 3.90. The van der Waals surface area contributed by atoms with Gasteiger partial charge in [0.2, 0.25) is 0 Å². The van der Waals surface area contributed by atoms with Crippen molar-refractivity contribution in [3.05, 3.63) is 107 Å². The lowest BCUT2D eigenvalue weighted by Gasteiger charge is -2.40. The number of carbonyl (C=O) groups excluding carboxylic acids is 1. The summed E-state index contributed by atoms with van der Waals surface area (Å²) < 4.78 is 25.3. The molecule has 0 N–H and O–H groups in total. The van der Waals surface area contributed by atoms with Gasteiger partial charge in [-0.25, -0.2) is 14.2 Å². The summed E-state index contributed by atoms with van der Waals surface area (Å²) in [5.74, 6) is 1.03. The third-order valence-electron chi connectivity index (χ3n) is 8.13. The van der Waals surface area contributed by atoms with Crippen LogP contribution in [0, 0.1) is 17.7 Å². The average Bonchev–Trinajstić information content (AvgIpc) is 3.54. The monoisotopic (exact) mass is 481 g/mol. The van der Waals surface area contributed by atoms with Gasteiger partial charge in [0.1, 0.15) is 18.2 Å². The van der Waals surface area contributed by atoms with Crippen LogP contribution in [-0.4, -0.2) is 18.1 Å². The molecule has 2 fully saturated rings. The number of fused-ring (bicyclic) bond motifs is 3. The number of carbonyl (C=O) groups is 1. The molecule has 5 heteroatoms. The number of methoxy groups -OCH3 is 1. The quantitative estimate of drug-likeness (QED) is 0.283. The highest BCUT2D eigenvalue weighted by molar-refractivity contribution is 5.92. The molecule has 3 aromatic carbocycles. The van der Waals surface area contributed by atoms with E-state index in [1.165, 1.54) is 25.7 Å². The molecule has 0 aliphatic heterocycles. The predicted molar refractivity (Wildman–Crippen MR) is 136 cm³/mol. The van der Waals surface area contributed by atoms with E-state index in [0.717, 1.165) is 47.0 Å². The van der Waals surface area contributed by atoms with Gasteiger partial charge in [0.15, 0.2) is 0 Å². The number of aromatic nitrogens is 1. The Morgan fingerprint density at radius 1 is 1.03 bits per heavy atom. The van der Waals surface area contributed by atoms with Crippen molar-refractivity contribution in [2.45, 2.75) is 37.7 Å². The molecule has 0 saturated heterocycles. The standard InChI is InChI=1S/C31H28FNO3/c1-35-30(34)27-15-14-26(36-19-25-13-7-21-4-2-3-5-29(21)33-25)17-28(27)31(18-20-6-8-23(31)16-20)22-9-11-24(32)12-10-22/h2-5,7,9-15,17,20,23H,6,8,16,18-19H2,1H3/t20-,23-,31-/m0/s1. The van der Waals surface area contributed by atoms with Gasteiger partial charge in [0.25, 0.3) is 0 Å². The number of hydrogen-bond acceptors (Lipinski definition) is 4. The molecule has 2 saturated carbocycles. The van der Waals surface area contributed by atoms with Gasteiger partial charge in [-0.15, -0.1) is 0 Å². The molecule has 1 heterocycles. The van der Waals surface area contributed by atoms with Crippen LogP contribution in [0.2, 0.25) is 0 Å². The first-order chi connectivity index (χ1) is 17.6. The van der Waals surface area contributed by atoms with Gasteiger partial charge in [-0.3, -0.25) is 0 Å². The van der Waals surface area contributed by atoms with E-state index in [0.29, 0.717) is 29.8 Å². The van der Waals surface area contributed by atoms with Crippen molar-refractivity contribution in [2.75, 3.05) is 7.11 Å². The van der Waals surface area contributed by atoms with E-state index < -0.39 is 0 Å². The van der Waals surface area contributed by atoms with Gasteiger partial charge in [-0.2, -0.15) is 0 Å². The summed E-state index contributed by atoms with van der Waals surface area (Å²) in [6, 6.07) is 24.4. The largest absolute Gasteiger partial charge is 0.487 e. The molecule has 182 valence electrons. The first-order valence-electron chi connectivity index (χ1n) is 12.5. The highest BCUT2D eigenvalue weighted by Gasteiger charge is 2.54. The maximum Gasteiger partial charge on any atom is 0.338 e. The maximum atomic E-state index is 13.9. The lowest BCUT2D eigenvalue weighted by atomic mass is 9.63. The molecular formula is C31H28FNO3. The zero-order valence-corrected chi connectivity index (χ0v) is 20.2. The molecule has 0 radical (unpaired) electrons. The topological polar surface area (TPSA) is 48.4 Å². The van der Waals surface area contributed by atoms with Crippen molar-refractivity contribution in [1.82, 2.24) is 4.98 Å². The molecule has 2 aliphatic carbocycles. The Kier molecular flexibility index (Phi) is 5.71. The minimum atomic E-state index is -0.374. The Morgan fingerprint density at radius 2 is 1.86 bits per heavy atom. The van der Waals surface area contributed by atoms with Gasteiger partial charge in [0.05, 0.1) is 23.9 Å². The van der Waals surface area contributed by atoms with E-state index in [1.54, 1.807) is 0 Å². The van der Waals surface area contributed by atoms with Crippen LogP contribution in [0.4, 0.5) is 4.39 Å². The van der Waals surface area contributed by atoms with Crippen LogP contribution in [-0.2, 0) is 16.8 Å². The second-order valence-corrected chi connectivity index (χ2v) is 10.0. The molecule has 2 bridgehead atoms. The van der Waals surface area contributed by atoms with Crippen molar-refractivity contribution in [2.24, 2.45) is 11.8 Å². The Bertz CT molecular complexity index is 1430. The van der Waals surface area contributed by atoms with Gasteiger partial charge in [0, 0.05) is 10.8 Å². The van der Waals surface area contributed by atoms with Crippen molar-refractivity contribution in [3.63, 3.8) is 0 Å². The number of rotatable bonds is 6. The molecule has 3 atom stereocenters. The smallest absolute Gasteiger partial charge is 0.338 e. The third-order valence-corrected chi connectivity index (χ3v) is 8.13. The first-order valence-corrected chi connectivity index (χ1v) is 12.5. The molecule has 0 unspecified atom stereocenters. The fraction of sp³-hybridized carbons (Fsp3) is 0.290. The molecule has 6 rings (SSSR count). The van der Waals surface area contributed by atoms with Crippen LogP contribution in [0.3, 0.4) is 0 Å². The minimum Gasteiger partial charge on any atom is -0.487 e. The fourth-order valence-electron chi connectivity index (χ4n) is 6.53. The van der Waals surface area contributed by atoms with E-state index >= 15 is 0 Å². The summed E-state index contributed by atoms with van der Waals surface area (Å²) in [7, 11) is 1.41. The third kappa shape index (κ3) is 3.83. The van der Waals surface area contributed by atoms with Crippen LogP contribution in [0.5, 0.6) is 5.75 Å². The number of para-hydroxylation sites is 1. The Morgan fingerprint density at radius 3 is 2.61 bits per heavy atom.